The molecular weight excluding hydrogens is 240 g/mol. The Morgan fingerprint density at radius 2 is 2.21 bits per heavy atom. The molecule has 0 fully saturated rings. The molecule has 19 heavy (non-hydrogen) atoms. The van der Waals surface area contributed by atoms with Crippen LogP contribution in [0, 0.1) is 6.92 Å². The summed E-state index contributed by atoms with van der Waals surface area (Å²) in [6, 6.07) is 0.0457. The summed E-state index contributed by atoms with van der Waals surface area (Å²) < 4.78 is 0. The Morgan fingerprint density at radius 3 is 2.79 bits per heavy atom. The summed E-state index contributed by atoms with van der Waals surface area (Å²) in [6.07, 6.45) is 6.31. The third-order valence-electron chi connectivity index (χ3n) is 3.36. The van der Waals surface area contributed by atoms with Crippen molar-refractivity contribution in [3.05, 3.63) is 35.4 Å². The minimum atomic E-state index is -0.167. The van der Waals surface area contributed by atoms with Crippen LogP contribution in [-0.4, -0.2) is 47.0 Å². The zero-order valence-electron chi connectivity index (χ0n) is 11.7. The molecule has 0 radical (unpaired) electrons. The Labute approximate surface area is 113 Å². The molecule has 0 saturated heterocycles. The molecule has 0 saturated carbocycles. The number of likely N-dealkylation sites (N-methyl/N-ethyl adjacent to an activating group) is 1. The fourth-order valence-corrected chi connectivity index (χ4v) is 2.05. The van der Waals surface area contributed by atoms with E-state index in [9.17, 15) is 4.79 Å². The van der Waals surface area contributed by atoms with Crippen LogP contribution < -0.4 is 5.32 Å². The van der Waals surface area contributed by atoms with Crippen LogP contribution in [0.3, 0.4) is 0 Å². The Hall–Kier alpha value is -1.75. The van der Waals surface area contributed by atoms with Gasteiger partial charge in [-0.05, 0) is 32.9 Å². The third kappa shape index (κ3) is 3.61. The molecule has 2 heterocycles. The monoisotopic (exact) mass is 260 g/mol. The summed E-state index contributed by atoms with van der Waals surface area (Å²) in [4.78, 5) is 22.4. The van der Waals surface area contributed by atoms with E-state index < -0.39 is 0 Å². The Balaban J connectivity index is 1.97. The maximum Gasteiger partial charge on any atom is 0.271 e. The summed E-state index contributed by atoms with van der Waals surface area (Å²) in [7, 11) is 2.10. The molecule has 1 atom stereocenters. The number of aryl methyl sites for hydroxylation is 1. The van der Waals surface area contributed by atoms with Crippen molar-refractivity contribution in [2.24, 2.45) is 0 Å². The molecule has 1 aromatic rings. The highest BCUT2D eigenvalue weighted by atomic mass is 16.1. The van der Waals surface area contributed by atoms with Gasteiger partial charge in [-0.25, -0.2) is 4.98 Å². The number of nitrogens with one attached hydrogen (secondary N) is 1. The number of rotatable bonds is 3. The SMILES string of the molecule is Cc1cnc(C(=O)NC(C)C2=CCN(C)CC2)cn1. The number of hydrogen-bond donors (Lipinski definition) is 1. The Morgan fingerprint density at radius 1 is 1.42 bits per heavy atom. The van der Waals surface area contributed by atoms with E-state index in [4.69, 9.17) is 0 Å². The van der Waals surface area contributed by atoms with Gasteiger partial charge in [-0.1, -0.05) is 6.08 Å². The van der Waals surface area contributed by atoms with Gasteiger partial charge in [0.15, 0.2) is 0 Å². The molecule has 1 aromatic heterocycles. The third-order valence-corrected chi connectivity index (χ3v) is 3.36. The van der Waals surface area contributed by atoms with E-state index >= 15 is 0 Å². The lowest BCUT2D eigenvalue weighted by Gasteiger charge is -2.26. The van der Waals surface area contributed by atoms with E-state index in [1.54, 1.807) is 6.20 Å². The number of aromatic nitrogens is 2. The topological polar surface area (TPSA) is 58.1 Å². The van der Waals surface area contributed by atoms with Crippen LogP contribution in [-0.2, 0) is 0 Å². The molecule has 5 nitrogen and oxygen atoms in total. The minimum absolute atomic E-state index is 0.0457. The molecule has 1 N–H and O–H groups in total. The minimum Gasteiger partial charge on any atom is -0.344 e. The Bertz CT molecular complexity index is 481. The summed E-state index contributed by atoms with van der Waals surface area (Å²) in [6.45, 7) is 5.84. The van der Waals surface area contributed by atoms with Gasteiger partial charge in [0.2, 0.25) is 0 Å². The maximum atomic E-state index is 12.0. The van der Waals surface area contributed by atoms with Crippen molar-refractivity contribution in [1.82, 2.24) is 20.2 Å². The van der Waals surface area contributed by atoms with Gasteiger partial charge in [-0.3, -0.25) is 9.78 Å². The first-order valence-electron chi connectivity index (χ1n) is 6.53. The molecule has 0 aromatic carbocycles. The highest BCUT2D eigenvalue weighted by molar-refractivity contribution is 5.92. The molecular formula is C14H20N4O. The second-order valence-electron chi connectivity index (χ2n) is 5.03. The lowest BCUT2D eigenvalue weighted by atomic mass is 10.0. The van der Waals surface area contributed by atoms with Gasteiger partial charge in [-0.2, -0.15) is 0 Å². The van der Waals surface area contributed by atoms with Crippen molar-refractivity contribution in [2.45, 2.75) is 26.3 Å². The zero-order chi connectivity index (χ0) is 13.8. The zero-order valence-corrected chi connectivity index (χ0v) is 11.7. The smallest absolute Gasteiger partial charge is 0.271 e. The maximum absolute atomic E-state index is 12.0. The summed E-state index contributed by atoms with van der Waals surface area (Å²) in [5.74, 6) is -0.167. The first kappa shape index (κ1) is 13.7. The van der Waals surface area contributed by atoms with Gasteiger partial charge in [0.1, 0.15) is 5.69 Å². The Kier molecular flexibility index (Phi) is 4.27. The van der Waals surface area contributed by atoms with Crippen LogP contribution in [0.2, 0.25) is 0 Å². The summed E-state index contributed by atoms with van der Waals surface area (Å²) >= 11 is 0. The molecule has 1 amide bonds. The molecule has 1 aliphatic heterocycles. The average molecular weight is 260 g/mol. The number of carbonyl (C=O) groups is 1. The van der Waals surface area contributed by atoms with E-state index in [0.29, 0.717) is 5.69 Å². The average Bonchev–Trinajstić information content (AvgIpc) is 2.40. The van der Waals surface area contributed by atoms with Crippen molar-refractivity contribution < 1.29 is 4.79 Å². The van der Waals surface area contributed by atoms with Crippen LogP contribution in [0.15, 0.2) is 24.0 Å². The van der Waals surface area contributed by atoms with Crippen molar-refractivity contribution in [2.75, 3.05) is 20.1 Å². The number of carbonyl (C=O) groups excluding carboxylic acids is 1. The molecule has 5 heteroatoms. The molecule has 0 spiro atoms. The molecule has 102 valence electrons. The lowest BCUT2D eigenvalue weighted by molar-refractivity contribution is 0.0938. The number of amides is 1. The molecule has 2 rings (SSSR count). The normalized spacial score (nSPS) is 17.7. The van der Waals surface area contributed by atoms with E-state index in [2.05, 4.69) is 33.3 Å². The first-order valence-corrected chi connectivity index (χ1v) is 6.53. The van der Waals surface area contributed by atoms with E-state index in [0.717, 1.165) is 25.2 Å². The van der Waals surface area contributed by atoms with Crippen molar-refractivity contribution in [3.8, 4) is 0 Å². The number of nitrogens with zero attached hydrogens (tertiary/aromatic N) is 3. The standard InChI is InChI=1S/C14H20N4O/c1-10-8-16-13(9-15-10)14(19)17-11(2)12-4-6-18(3)7-5-12/h4,8-9,11H,5-7H2,1-3H3,(H,17,19). The van der Waals surface area contributed by atoms with Gasteiger partial charge in [0.25, 0.3) is 5.91 Å². The largest absolute Gasteiger partial charge is 0.344 e. The highest BCUT2D eigenvalue weighted by Crippen LogP contribution is 2.13. The molecule has 1 unspecified atom stereocenters. The quantitative estimate of drug-likeness (QED) is 0.829. The van der Waals surface area contributed by atoms with Gasteiger partial charge in [0, 0.05) is 25.3 Å². The fraction of sp³-hybridized carbons (Fsp3) is 0.500. The van der Waals surface area contributed by atoms with Gasteiger partial charge in [0.05, 0.1) is 11.9 Å². The molecule has 1 aliphatic rings. The highest BCUT2D eigenvalue weighted by Gasteiger charge is 2.17. The van der Waals surface area contributed by atoms with Crippen molar-refractivity contribution in [1.29, 1.82) is 0 Å². The lowest BCUT2D eigenvalue weighted by Crippen LogP contribution is -2.37. The molecule has 0 bridgehead atoms. The van der Waals surface area contributed by atoms with Crippen LogP contribution in [0.4, 0.5) is 0 Å². The summed E-state index contributed by atoms with van der Waals surface area (Å²) in [5.41, 5.74) is 2.46. The van der Waals surface area contributed by atoms with E-state index in [1.165, 1.54) is 11.8 Å². The fourth-order valence-electron chi connectivity index (χ4n) is 2.05. The first-order chi connectivity index (χ1) is 9.06. The van der Waals surface area contributed by atoms with Crippen molar-refractivity contribution in [3.63, 3.8) is 0 Å². The van der Waals surface area contributed by atoms with E-state index in [1.807, 2.05) is 13.8 Å². The van der Waals surface area contributed by atoms with Crippen LogP contribution in [0.25, 0.3) is 0 Å². The predicted molar refractivity (Wildman–Crippen MR) is 73.9 cm³/mol. The second-order valence-corrected chi connectivity index (χ2v) is 5.03. The predicted octanol–water partition coefficient (Wildman–Crippen LogP) is 1.17. The molecule has 0 aliphatic carbocycles. The van der Waals surface area contributed by atoms with Crippen LogP contribution in [0.1, 0.15) is 29.5 Å². The second kappa shape index (κ2) is 5.93. The van der Waals surface area contributed by atoms with Crippen LogP contribution >= 0.6 is 0 Å². The van der Waals surface area contributed by atoms with Gasteiger partial charge in [-0.15, -0.1) is 0 Å². The van der Waals surface area contributed by atoms with E-state index in [-0.39, 0.29) is 11.9 Å². The number of hydrogen-bond acceptors (Lipinski definition) is 4. The summed E-state index contributed by atoms with van der Waals surface area (Å²) in [5, 5.41) is 2.97. The van der Waals surface area contributed by atoms with Crippen LogP contribution in [0.5, 0.6) is 0 Å². The van der Waals surface area contributed by atoms with Crippen molar-refractivity contribution >= 4 is 5.91 Å². The van der Waals surface area contributed by atoms with Gasteiger partial charge >= 0.3 is 0 Å². The van der Waals surface area contributed by atoms with Gasteiger partial charge < -0.3 is 10.2 Å².